The molecule has 7 heteroatoms. The molecule has 1 heterocycles. The number of hydrogen-bond acceptors (Lipinski definition) is 4. The topological polar surface area (TPSA) is 90.5 Å². The van der Waals surface area contributed by atoms with Crippen LogP contribution in [0.2, 0.25) is 0 Å². The second kappa shape index (κ2) is 7.49. The summed E-state index contributed by atoms with van der Waals surface area (Å²) in [5.41, 5.74) is 1.13. The van der Waals surface area contributed by atoms with E-state index in [-0.39, 0.29) is 18.7 Å². The Labute approximate surface area is 157 Å². The monoisotopic (exact) mass is 366 g/mol. The van der Waals surface area contributed by atoms with Gasteiger partial charge in [0.05, 0.1) is 0 Å². The van der Waals surface area contributed by atoms with Crippen LogP contribution in [-0.2, 0) is 15.1 Å². The Hall–Kier alpha value is -3.35. The summed E-state index contributed by atoms with van der Waals surface area (Å²) in [7, 11) is 3.88. The standard InChI is InChI=1S/C20H22N4O3/c1-24(2)16-10-8-15(9-11-16)21-17(25)12-13-20(14-6-4-3-5-7-14)18(26)22-19(27)23-20/h3-11H,12-13H2,1-2H3,(H,21,25)(H2,22,23,26,27). The first kappa shape index (κ1) is 18.4. The van der Waals surface area contributed by atoms with E-state index in [9.17, 15) is 14.4 Å². The van der Waals surface area contributed by atoms with E-state index in [2.05, 4.69) is 16.0 Å². The molecule has 3 N–H and O–H groups in total. The van der Waals surface area contributed by atoms with Crippen LogP contribution in [0.25, 0.3) is 0 Å². The van der Waals surface area contributed by atoms with Gasteiger partial charge < -0.3 is 15.5 Å². The van der Waals surface area contributed by atoms with Crippen molar-refractivity contribution in [3.63, 3.8) is 0 Å². The first-order chi connectivity index (χ1) is 12.9. The minimum Gasteiger partial charge on any atom is -0.378 e. The summed E-state index contributed by atoms with van der Waals surface area (Å²) in [5.74, 6) is -0.668. The lowest BCUT2D eigenvalue weighted by Gasteiger charge is -2.26. The number of nitrogens with one attached hydrogen (secondary N) is 3. The fourth-order valence-electron chi connectivity index (χ4n) is 3.11. The highest BCUT2D eigenvalue weighted by atomic mass is 16.2. The Kier molecular flexibility index (Phi) is 5.12. The van der Waals surface area contributed by atoms with E-state index < -0.39 is 17.5 Å². The van der Waals surface area contributed by atoms with Gasteiger partial charge in [-0.05, 0) is 36.2 Å². The zero-order valence-electron chi connectivity index (χ0n) is 15.3. The number of carbonyl (C=O) groups is 3. The molecular weight excluding hydrogens is 344 g/mol. The lowest BCUT2D eigenvalue weighted by molar-refractivity contribution is -0.125. The summed E-state index contributed by atoms with van der Waals surface area (Å²) in [5, 5.41) is 7.78. The van der Waals surface area contributed by atoms with Gasteiger partial charge in [-0.1, -0.05) is 30.3 Å². The van der Waals surface area contributed by atoms with Gasteiger partial charge in [-0.3, -0.25) is 14.9 Å². The van der Waals surface area contributed by atoms with E-state index in [1.54, 1.807) is 24.3 Å². The van der Waals surface area contributed by atoms with Crippen molar-refractivity contribution in [1.82, 2.24) is 10.6 Å². The Morgan fingerprint density at radius 1 is 1.04 bits per heavy atom. The van der Waals surface area contributed by atoms with Crippen molar-refractivity contribution in [2.24, 2.45) is 0 Å². The van der Waals surface area contributed by atoms with Crippen LogP contribution in [0.1, 0.15) is 18.4 Å². The fraction of sp³-hybridized carbons (Fsp3) is 0.250. The first-order valence-electron chi connectivity index (χ1n) is 8.67. The molecule has 1 atom stereocenters. The average molecular weight is 366 g/mol. The molecule has 0 aliphatic carbocycles. The van der Waals surface area contributed by atoms with E-state index in [1.165, 1.54) is 0 Å². The van der Waals surface area contributed by atoms with Crippen molar-refractivity contribution >= 4 is 29.2 Å². The summed E-state index contributed by atoms with van der Waals surface area (Å²) in [6.45, 7) is 0. The van der Waals surface area contributed by atoms with E-state index in [4.69, 9.17) is 0 Å². The predicted molar refractivity (Wildman–Crippen MR) is 103 cm³/mol. The van der Waals surface area contributed by atoms with Crippen LogP contribution in [0.5, 0.6) is 0 Å². The van der Waals surface area contributed by atoms with Gasteiger partial charge in [0.1, 0.15) is 5.54 Å². The van der Waals surface area contributed by atoms with Crippen LogP contribution in [-0.4, -0.2) is 31.9 Å². The summed E-state index contributed by atoms with van der Waals surface area (Å²) >= 11 is 0. The lowest BCUT2D eigenvalue weighted by Crippen LogP contribution is -2.44. The number of nitrogens with zero attached hydrogens (tertiary/aromatic N) is 1. The van der Waals surface area contributed by atoms with Crippen molar-refractivity contribution in [1.29, 1.82) is 0 Å². The van der Waals surface area contributed by atoms with Gasteiger partial charge in [0.15, 0.2) is 0 Å². The molecule has 2 aromatic carbocycles. The molecule has 1 aliphatic rings. The highest BCUT2D eigenvalue weighted by Crippen LogP contribution is 2.30. The molecule has 140 valence electrons. The van der Waals surface area contributed by atoms with Crippen LogP contribution >= 0.6 is 0 Å². The average Bonchev–Trinajstić information content (AvgIpc) is 2.95. The quantitative estimate of drug-likeness (QED) is 0.684. The summed E-state index contributed by atoms with van der Waals surface area (Å²) in [6.07, 6.45) is 0.244. The minimum absolute atomic E-state index is 0.0814. The summed E-state index contributed by atoms with van der Waals surface area (Å²) in [6, 6.07) is 15.9. The van der Waals surface area contributed by atoms with Crippen LogP contribution in [0.15, 0.2) is 54.6 Å². The van der Waals surface area contributed by atoms with Crippen molar-refractivity contribution in [2.75, 3.05) is 24.3 Å². The number of hydrogen-bond donors (Lipinski definition) is 3. The first-order valence-corrected chi connectivity index (χ1v) is 8.67. The van der Waals surface area contributed by atoms with Crippen molar-refractivity contribution in [3.05, 3.63) is 60.2 Å². The highest BCUT2D eigenvalue weighted by Gasteiger charge is 2.47. The maximum Gasteiger partial charge on any atom is 0.322 e. The van der Waals surface area contributed by atoms with Crippen LogP contribution in [0.4, 0.5) is 16.2 Å². The molecule has 1 saturated heterocycles. The molecule has 1 aliphatic heterocycles. The molecule has 1 unspecified atom stereocenters. The summed E-state index contributed by atoms with van der Waals surface area (Å²) in [4.78, 5) is 38.5. The van der Waals surface area contributed by atoms with Gasteiger partial charge in [0, 0.05) is 31.9 Å². The molecule has 0 aromatic heterocycles. The maximum absolute atomic E-state index is 12.4. The zero-order chi connectivity index (χ0) is 19.4. The molecule has 0 radical (unpaired) electrons. The van der Waals surface area contributed by atoms with Gasteiger partial charge in [-0.25, -0.2) is 4.79 Å². The number of rotatable bonds is 6. The van der Waals surface area contributed by atoms with E-state index >= 15 is 0 Å². The van der Waals surface area contributed by atoms with Crippen molar-refractivity contribution in [2.45, 2.75) is 18.4 Å². The van der Waals surface area contributed by atoms with Crippen LogP contribution in [0.3, 0.4) is 0 Å². The molecular formula is C20H22N4O3. The number of carbonyl (C=O) groups excluding carboxylic acids is 3. The second-order valence-corrected chi connectivity index (χ2v) is 6.67. The minimum atomic E-state index is -1.23. The SMILES string of the molecule is CN(C)c1ccc(NC(=O)CCC2(c3ccccc3)NC(=O)NC2=O)cc1. The van der Waals surface area contributed by atoms with Gasteiger partial charge in [-0.2, -0.15) is 0 Å². The molecule has 7 nitrogen and oxygen atoms in total. The molecule has 3 rings (SSSR count). The summed E-state index contributed by atoms with van der Waals surface area (Å²) < 4.78 is 0. The lowest BCUT2D eigenvalue weighted by atomic mass is 9.85. The third-order valence-corrected chi connectivity index (χ3v) is 4.60. The van der Waals surface area contributed by atoms with Gasteiger partial charge in [0.2, 0.25) is 5.91 Å². The van der Waals surface area contributed by atoms with Crippen molar-refractivity contribution in [3.8, 4) is 0 Å². The Bertz CT molecular complexity index is 849. The Morgan fingerprint density at radius 3 is 2.26 bits per heavy atom. The molecule has 0 saturated carbocycles. The number of anilines is 2. The zero-order valence-corrected chi connectivity index (χ0v) is 15.3. The molecule has 0 bridgehead atoms. The maximum atomic E-state index is 12.4. The van der Waals surface area contributed by atoms with Gasteiger partial charge in [0.25, 0.3) is 5.91 Å². The second-order valence-electron chi connectivity index (χ2n) is 6.67. The van der Waals surface area contributed by atoms with Crippen LogP contribution < -0.4 is 20.9 Å². The van der Waals surface area contributed by atoms with E-state index in [0.29, 0.717) is 11.3 Å². The van der Waals surface area contributed by atoms with E-state index in [0.717, 1.165) is 5.69 Å². The molecule has 1 fully saturated rings. The number of imide groups is 1. The highest BCUT2D eigenvalue weighted by molar-refractivity contribution is 6.07. The predicted octanol–water partition coefficient (Wildman–Crippen LogP) is 2.21. The molecule has 0 spiro atoms. The Morgan fingerprint density at radius 2 is 1.70 bits per heavy atom. The Balaban J connectivity index is 1.70. The smallest absolute Gasteiger partial charge is 0.322 e. The number of urea groups is 1. The van der Waals surface area contributed by atoms with E-state index in [1.807, 2.05) is 49.3 Å². The van der Waals surface area contributed by atoms with Gasteiger partial charge >= 0.3 is 6.03 Å². The van der Waals surface area contributed by atoms with Gasteiger partial charge in [-0.15, -0.1) is 0 Å². The largest absolute Gasteiger partial charge is 0.378 e. The van der Waals surface area contributed by atoms with Crippen LogP contribution in [0, 0.1) is 0 Å². The fourth-order valence-corrected chi connectivity index (χ4v) is 3.11. The molecule has 2 aromatic rings. The third kappa shape index (κ3) is 3.92. The number of amides is 4. The third-order valence-electron chi connectivity index (χ3n) is 4.60. The number of benzene rings is 2. The van der Waals surface area contributed by atoms with Crippen molar-refractivity contribution < 1.29 is 14.4 Å². The molecule has 27 heavy (non-hydrogen) atoms. The normalized spacial score (nSPS) is 18.6. The molecule has 4 amide bonds.